The summed E-state index contributed by atoms with van der Waals surface area (Å²) in [7, 11) is 1.77. The van der Waals surface area contributed by atoms with Crippen LogP contribution >= 0.6 is 0 Å². The Morgan fingerprint density at radius 2 is 2.13 bits per heavy atom. The summed E-state index contributed by atoms with van der Waals surface area (Å²) in [4.78, 5) is 23.3. The number of hydrogen-bond acceptors (Lipinski definition) is 7. The number of rotatable bonds is 2. The van der Waals surface area contributed by atoms with E-state index >= 15 is 0 Å². The molecule has 2 aromatic rings. The average molecular weight is 317 g/mol. The number of ether oxygens (including phenoxy) is 1. The van der Waals surface area contributed by atoms with E-state index in [-0.39, 0.29) is 5.56 Å². The van der Waals surface area contributed by atoms with E-state index in [1.165, 1.54) is 4.80 Å². The van der Waals surface area contributed by atoms with Crippen LogP contribution in [0.5, 0.6) is 0 Å². The SMILES string of the molecule is Cn1nnc(C2CCN(c3nc4c(c(=O)[nH]3)COCC4)CC2)n1. The van der Waals surface area contributed by atoms with Crippen LogP contribution < -0.4 is 10.5 Å². The zero-order chi connectivity index (χ0) is 15.8. The minimum Gasteiger partial charge on any atom is -0.376 e. The topological polar surface area (TPSA) is 102 Å². The van der Waals surface area contributed by atoms with E-state index in [1.54, 1.807) is 7.05 Å². The van der Waals surface area contributed by atoms with E-state index in [0.29, 0.717) is 37.1 Å². The van der Waals surface area contributed by atoms with Crippen molar-refractivity contribution in [2.24, 2.45) is 7.05 Å². The van der Waals surface area contributed by atoms with Crippen molar-refractivity contribution >= 4 is 5.95 Å². The monoisotopic (exact) mass is 317 g/mol. The largest absolute Gasteiger partial charge is 0.376 e. The van der Waals surface area contributed by atoms with Crippen LogP contribution in [0, 0.1) is 0 Å². The standard InChI is InChI=1S/C14H19N7O2/c1-20-18-12(17-19-20)9-2-5-21(6-3-9)14-15-11-4-7-23-8-10(11)13(22)16-14/h9H,2-8H2,1H3,(H,15,16,22). The summed E-state index contributed by atoms with van der Waals surface area (Å²) in [6, 6.07) is 0. The summed E-state index contributed by atoms with van der Waals surface area (Å²) in [5.74, 6) is 1.79. The van der Waals surface area contributed by atoms with Gasteiger partial charge in [0.1, 0.15) is 0 Å². The van der Waals surface area contributed by atoms with Crippen molar-refractivity contribution in [1.29, 1.82) is 0 Å². The van der Waals surface area contributed by atoms with Crippen molar-refractivity contribution in [3.63, 3.8) is 0 Å². The summed E-state index contributed by atoms with van der Waals surface area (Å²) < 4.78 is 5.33. The van der Waals surface area contributed by atoms with Crippen LogP contribution in [-0.2, 0) is 24.8 Å². The molecule has 2 aromatic heterocycles. The van der Waals surface area contributed by atoms with Gasteiger partial charge in [0.15, 0.2) is 5.82 Å². The van der Waals surface area contributed by atoms with Crippen LogP contribution in [-0.4, -0.2) is 49.9 Å². The Balaban J connectivity index is 1.50. The highest BCUT2D eigenvalue weighted by Crippen LogP contribution is 2.27. The minimum absolute atomic E-state index is 0.0811. The van der Waals surface area contributed by atoms with E-state index in [1.807, 2.05) is 0 Å². The molecule has 2 aliphatic heterocycles. The van der Waals surface area contributed by atoms with E-state index in [9.17, 15) is 4.79 Å². The lowest BCUT2D eigenvalue weighted by molar-refractivity contribution is 0.108. The molecule has 0 saturated carbocycles. The number of anilines is 1. The van der Waals surface area contributed by atoms with Gasteiger partial charge in [-0.15, -0.1) is 10.2 Å². The van der Waals surface area contributed by atoms with Crippen molar-refractivity contribution in [3.8, 4) is 0 Å². The fraction of sp³-hybridized carbons (Fsp3) is 0.643. The van der Waals surface area contributed by atoms with Gasteiger partial charge in [-0.25, -0.2) is 4.98 Å². The smallest absolute Gasteiger partial charge is 0.258 e. The Hall–Kier alpha value is -2.29. The summed E-state index contributed by atoms with van der Waals surface area (Å²) in [6.45, 7) is 2.63. The maximum absolute atomic E-state index is 12.2. The van der Waals surface area contributed by atoms with Gasteiger partial charge in [0.25, 0.3) is 5.56 Å². The second-order valence-electron chi connectivity index (χ2n) is 6.02. The Morgan fingerprint density at radius 3 is 2.87 bits per heavy atom. The summed E-state index contributed by atoms with van der Waals surface area (Å²) in [5.41, 5.74) is 1.45. The highest BCUT2D eigenvalue weighted by molar-refractivity contribution is 5.34. The predicted octanol–water partition coefficient (Wildman–Crippen LogP) is -0.250. The normalized spacial score (nSPS) is 18.9. The first-order valence-corrected chi connectivity index (χ1v) is 7.89. The zero-order valence-electron chi connectivity index (χ0n) is 13.0. The van der Waals surface area contributed by atoms with E-state index in [4.69, 9.17) is 4.74 Å². The number of H-pyrrole nitrogens is 1. The Labute approximate surface area is 132 Å². The fourth-order valence-corrected chi connectivity index (χ4v) is 3.19. The lowest BCUT2D eigenvalue weighted by atomic mass is 9.96. The van der Waals surface area contributed by atoms with Gasteiger partial charge in [-0.3, -0.25) is 9.78 Å². The van der Waals surface area contributed by atoms with Gasteiger partial charge < -0.3 is 9.64 Å². The number of nitrogens with zero attached hydrogens (tertiary/aromatic N) is 6. The first-order chi connectivity index (χ1) is 11.2. The highest BCUT2D eigenvalue weighted by atomic mass is 16.5. The third-order valence-electron chi connectivity index (χ3n) is 4.50. The number of tetrazole rings is 1. The number of piperidine rings is 1. The Morgan fingerprint density at radius 1 is 1.30 bits per heavy atom. The van der Waals surface area contributed by atoms with Crippen molar-refractivity contribution < 1.29 is 4.74 Å². The molecule has 1 saturated heterocycles. The minimum atomic E-state index is -0.0811. The molecule has 0 aliphatic carbocycles. The second-order valence-corrected chi connectivity index (χ2v) is 6.02. The molecule has 0 aromatic carbocycles. The van der Waals surface area contributed by atoms with Crippen LogP contribution in [0.2, 0.25) is 0 Å². The van der Waals surface area contributed by atoms with Crippen LogP contribution in [0.1, 0.15) is 35.8 Å². The van der Waals surface area contributed by atoms with Crippen LogP contribution in [0.4, 0.5) is 5.95 Å². The molecule has 4 heterocycles. The van der Waals surface area contributed by atoms with Gasteiger partial charge in [-0.1, -0.05) is 0 Å². The zero-order valence-corrected chi connectivity index (χ0v) is 13.0. The number of nitrogens with one attached hydrogen (secondary N) is 1. The molecule has 0 unspecified atom stereocenters. The molecular weight excluding hydrogens is 298 g/mol. The van der Waals surface area contributed by atoms with Gasteiger partial charge in [0.05, 0.1) is 31.5 Å². The number of aromatic nitrogens is 6. The van der Waals surface area contributed by atoms with E-state index in [2.05, 4.69) is 30.3 Å². The van der Waals surface area contributed by atoms with Crippen molar-refractivity contribution in [2.75, 3.05) is 24.6 Å². The molecule has 1 fully saturated rings. The van der Waals surface area contributed by atoms with Crippen LogP contribution in [0.15, 0.2) is 4.79 Å². The lowest BCUT2D eigenvalue weighted by Gasteiger charge is -2.31. The predicted molar refractivity (Wildman–Crippen MR) is 81.2 cm³/mol. The maximum atomic E-state index is 12.2. The third kappa shape index (κ3) is 2.72. The molecule has 9 nitrogen and oxygen atoms in total. The molecule has 2 aliphatic rings. The number of aromatic amines is 1. The molecule has 9 heteroatoms. The molecule has 122 valence electrons. The van der Waals surface area contributed by atoms with Gasteiger partial charge in [0, 0.05) is 25.4 Å². The first kappa shape index (κ1) is 14.3. The molecular formula is C14H19N7O2. The quantitative estimate of drug-likeness (QED) is 0.815. The van der Waals surface area contributed by atoms with Gasteiger partial charge in [-0.05, 0) is 18.1 Å². The summed E-state index contributed by atoms with van der Waals surface area (Å²) >= 11 is 0. The van der Waals surface area contributed by atoms with Gasteiger partial charge in [-0.2, -0.15) is 4.80 Å². The fourth-order valence-electron chi connectivity index (χ4n) is 3.19. The number of fused-ring (bicyclic) bond motifs is 1. The summed E-state index contributed by atoms with van der Waals surface area (Å²) in [5, 5.41) is 12.3. The van der Waals surface area contributed by atoms with Crippen LogP contribution in [0.25, 0.3) is 0 Å². The average Bonchev–Trinajstić information content (AvgIpc) is 3.01. The van der Waals surface area contributed by atoms with Crippen molar-refractivity contribution in [3.05, 3.63) is 27.4 Å². The maximum Gasteiger partial charge on any atom is 0.258 e. The van der Waals surface area contributed by atoms with E-state index < -0.39 is 0 Å². The molecule has 4 rings (SSSR count). The van der Waals surface area contributed by atoms with Crippen LogP contribution in [0.3, 0.4) is 0 Å². The van der Waals surface area contributed by atoms with Crippen molar-refractivity contribution in [1.82, 2.24) is 30.2 Å². The molecule has 0 radical (unpaired) electrons. The Bertz CT molecular complexity index is 761. The molecule has 0 bridgehead atoms. The summed E-state index contributed by atoms with van der Waals surface area (Å²) in [6.07, 6.45) is 2.55. The first-order valence-electron chi connectivity index (χ1n) is 7.89. The van der Waals surface area contributed by atoms with E-state index in [0.717, 1.165) is 37.4 Å². The molecule has 0 amide bonds. The molecule has 1 N–H and O–H groups in total. The number of aryl methyl sites for hydroxylation is 1. The lowest BCUT2D eigenvalue weighted by Crippen LogP contribution is -2.37. The molecule has 0 spiro atoms. The highest BCUT2D eigenvalue weighted by Gasteiger charge is 2.26. The molecule has 23 heavy (non-hydrogen) atoms. The van der Waals surface area contributed by atoms with Crippen molar-refractivity contribution in [2.45, 2.75) is 31.8 Å². The third-order valence-corrected chi connectivity index (χ3v) is 4.50. The van der Waals surface area contributed by atoms with Gasteiger partial charge in [0.2, 0.25) is 5.95 Å². The second kappa shape index (κ2) is 5.73. The van der Waals surface area contributed by atoms with Gasteiger partial charge >= 0.3 is 0 Å². The number of hydrogen-bond donors (Lipinski definition) is 1. The molecule has 0 atom stereocenters. The Kier molecular flexibility index (Phi) is 3.56.